The Morgan fingerprint density at radius 1 is 1.40 bits per heavy atom. The Balaban J connectivity index is 2.56. The highest BCUT2D eigenvalue weighted by Crippen LogP contribution is 2.13. The number of guanidine groups is 1. The third-order valence-corrected chi connectivity index (χ3v) is 3.43. The van der Waals surface area contributed by atoms with Crippen molar-refractivity contribution in [2.75, 3.05) is 40.4 Å². The number of carbonyl (C=O) groups excluding carboxylic acids is 1. The Bertz CT molecular complexity index is 540. The Hall–Kier alpha value is -2.09. The van der Waals surface area contributed by atoms with Gasteiger partial charge in [-0.1, -0.05) is 19.0 Å². The zero-order valence-corrected chi connectivity index (χ0v) is 16.0. The quantitative estimate of drug-likeness (QED) is 0.375. The van der Waals surface area contributed by atoms with Crippen LogP contribution >= 0.6 is 0 Å². The van der Waals surface area contributed by atoms with Gasteiger partial charge in [0, 0.05) is 39.9 Å². The predicted octanol–water partition coefficient (Wildman–Crippen LogP) is 1.35. The molecular weight excluding hydrogens is 322 g/mol. The van der Waals surface area contributed by atoms with E-state index in [9.17, 15) is 4.79 Å². The molecule has 25 heavy (non-hydrogen) atoms. The molecule has 1 aromatic heterocycles. The number of hydrogen-bond acceptors (Lipinski definition) is 5. The van der Waals surface area contributed by atoms with Crippen LogP contribution in [0.3, 0.4) is 0 Å². The van der Waals surface area contributed by atoms with Gasteiger partial charge in [0.1, 0.15) is 6.54 Å². The third kappa shape index (κ3) is 8.53. The molecule has 0 saturated carbocycles. The molecule has 1 aromatic rings. The van der Waals surface area contributed by atoms with Crippen LogP contribution in [0.25, 0.3) is 0 Å². The maximum atomic E-state index is 11.7. The van der Waals surface area contributed by atoms with Crippen molar-refractivity contribution in [1.82, 2.24) is 20.7 Å². The van der Waals surface area contributed by atoms with Gasteiger partial charge in [-0.3, -0.25) is 4.79 Å². The lowest BCUT2D eigenvalue weighted by atomic mass is 10.1. The minimum atomic E-state index is -0.0582. The van der Waals surface area contributed by atoms with Crippen LogP contribution in [0.5, 0.6) is 0 Å². The van der Waals surface area contributed by atoms with Crippen LogP contribution in [0.1, 0.15) is 44.6 Å². The van der Waals surface area contributed by atoms with Gasteiger partial charge in [-0.15, -0.1) is 0 Å². The van der Waals surface area contributed by atoms with Crippen molar-refractivity contribution in [2.45, 2.75) is 39.7 Å². The topological polar surface area (TPSA) is 92.0 Å². The highest BCUT2D eigenvalue weighted by Gasteiger charge is 2.09. The first kappa shape index (κ1) is 21.0. The summed E-state index contributed by atoms with van der Waals surface area (Å²) >= 11 is 0. The van der Waals surface area contributed by atoms with Gasteiger partial charge >= 0.3 is 0 Å². The number of likely N-dealkylation sites (N-methyl/N-ethyl adjacent to an activating group) is 1. The van der Waals surface area contributed by atoms with E-state index in [2.05, 4.69) is 34.6 Å². The SMILES string of the molecule is CCOCCCNC(=NCC(=O)N(C)C)NCc1cc(C(C)C)no1. The number of ether oxygens (including phenoxy) is 1. The summed E-state index contributed by atoms with van der Waals surface area (Å²) in [4.78, 5) is 17.6. The van der Waals surface area contributed by atoms with Crippen LogP contribution in [0.2, 0.25) is 0 Å². The Morgan fingerprint density at radius 2 is 2.16 bits per heavy atom. The fourth-order valence-corrected chi connectivity index (χ4v) is 1.84. The van der Waals surface area contributed by atoms with Crippen molar-refractivity contribution in [3.05, 3.63) is 17.5 Å². The van der Waals surface area contributed by atoms with Gasteiger partial charge in [-0.2, -0.15) is 0 Å². The molecule has 0 aromatic carbocycles. The second-order valence-corrected chi connectivity index (χ2v) is 6.16. The van der Waals surface area contributed by atoms with Crippen molar-refractivity contribution in [2.24, 2.45) is 4.99 Å². The van der Waals surface area contributed by atoms with Crippen LogP contribution in [0.15, 0.2) is 15.6 Å². The molecule has 0 unspecified atom stereocenters. The highest BCUT2D eigenvalue weighted by molar-refractivity contribution is 5.84. The number of amides is 1. The van der Waals surface area contributed by atoms with E-state index in [1.165, 1.54) is 4.90 Å². The monoisotopic (exact) mass is 353 g/mol. The lowest BCUT2D eigenvalue weighted by molar-refractivity contribution is -0.127. The Morgan fingerprint density at radius 3 is 2.76 bits per heavy atom. The number of hydrogen-bond donors (Lipinski definition) is 2. The standard InChI is InChI=1S/C17H31N5O3/c1-6-24-9-7-8-18-17(20-12-16(23)22(4)5)19-11-14-10-15(13(2)3)21-25-14/h10,13H,6-9,11-12H2,1-5H3,(H2,18,19,20). The fourth-order valence-electron chi connectivity index (χ4n) is 1.84. The van der Waals surface area contributed by atoms with Gasteiger partial charge in [-0.05, 0) is 19.3 Å². The van der Waals surface area contributed by atoms with Gasteiger partial charge in [0.05, 0.1) is 12.2 Å². The van der Waals surface area contributed by atoms with Gasteiger partial charge in [0.25, 0.3) is 0 Å². The number of aliphatic imine (C=N–C) groups is 1. The second-order valence-electron chi connectivity index (χ2n) is 6.16. The molecule has 0 atom stereocenters. The third-order valence-electron chi connectivity index (χ3n) is 3.43. The molecule has 0 fully saturated rings. The van der Waals surface area contributed by atoms with E-state index in [4.69, 9.17) is 9.26 Å². The van der Waals surface area contributed by atoms with Crippen LogP contribution in [0.4, 0.5) is 0 Å². The van der Waals surface area contributed by atoms with Crippen molar-refractivity contribution < 1.29 is 14.1 Å². The van der Waals surface area contributed by atoms with Gasteiger partial charge in [-0.25, -0.2) is 4.99 Å². The molecule has 1 amide bonds. The summed E-state index contributed by atoms with van der Waals surface area (Å²) in [6, 6.07) is 1.93. The molecule has 8 nitrogen and oxygen atoms in total. The summed E-state index contributed by atoms with van der Waals surface area (Å²) in [5, 5.41) is 10.4. The minimum Gasteiger partial charge on any atom is -0.382 e. The molecule has 2 N–H and O–H groups in total. The Kier molecular flexibility index (Phi) is 9.61. The molecule has 0 aliphatic heterocycles. The van der Waals surface area contributed by atoms with E-state index >= 15 is 0 Å². The van der Waals surface area contributed by atoms with Crippen LogP contribution in [-0.2, 0) is 16.1 Å². The molecule has 0 radical (unpaired) electrons. The second kappa shape index (κ2) is 11.5. The highest BCUT2D eigenvalue weighted by atomic mass is 16.5. The Labute approximate surface area is 150 Å². The molecule has 1 heterocycles. The lowest BCUT2D eigenvalue weighted by Crippen LogP contribution is -2.38. The first-order valence-electron chi connectivity index (χ1n) is 8.69. The van der Waals surface area contributed by atoms with E-state index < -0.39 is 0 Å². The lowest BCUT2D eigenvalue weighted by Gasteiger charge is -2.13. The molecule has 0 bridgehead atoms. The van der Waals surface area contributed by atoms with Crippen LogP contribution in [-0.4, -0.2) is 62.3 Å². The average Bonchev–Trinajstić information content (AvgIpc) is 3.05. The maximum Gasteiger partial charge on any atom is 0.243 e. The minimum absolute atomic E-state index is 0.0582. The van der Waals surface area contributed by atoms with Gasteiger partial charge < -0.3 is 24.8 Å². The maximum absolute atomic E-state index is 11.7. The van der Waals surface area contributed by atoms with E-state index in [0.717, 1.165) is 17.9 Å². The number of nitrogens with one attached hydrogen (secondary N) is 2. The zero-order valence-electron chi connectivity index (χ0n) is 16.0. The van der Waals surface area contributed by atoms with Gasteiger partial charge in [0.15, 0.2) is 11.7 Å². The van der Waals surface area contributed by atoms with E-state index in [-0.39, 0.29) is 12.5 Å². The van der Waals surface area contributed by atoms with Gasteiger partial charge in [0.2, 0.25) is 5.91 Å². The molecule has 142 valence electrons. The van der Waals surface area contributed by atoms with Crippen LogP contribution < -0.4 is 10.6 Å². The summed E-state index contributed by atoms with van der Waals surface area (Å²) in [6.07, 6.45) is 0.857. The number of nitrogens with zero attached hydrogens (tertiary/aromatic N) is 3. The summed E-state index contributed by atoms with van der Waals surface area (Å²) in [7, 11) is 3.42. The molecule has 0 aliphatic carbocycles. The molecule has 0 spiro atoms. The first-order chi connectivity index (χ1) is 11.9. The first-order valence-corrected chi connectivity index (χ1v) is 8.69. The summed E-state index contributed by atoms with van der Waals surface area (Å²) in [5.41, 5.74) is 0.919. The molecule has 8 heteroatoms. The molecular formula is C17H31N5O3. The molecule has 0 aliphatic rings. The van der Waals surface area contributed by atoms with E-state index in [1.54, 1.807) is 14.1 Å². The number of carbonyl (C=O) groups is 1. The fraction of sp³-hybridized carbons (Fsp3) is 0.706. The van der Waals surface area contributed by atoms with Crippen molar-refractivity contribution in [3.8, 4) is 0 Å². The van der Waals surface area contributed by atoms with Crippen molar-refractivity contribution in [3.63, 3.8) is 0 Å². The van der Waals surface area contributed by atoms with E-state index in [0.29, 0.717) is 38.2 Å². The predicted molar refractivity (Wildman–Crippen MR) is 97.5 cm³/mol. The van der Waals surface area contributed by atoms with Crippen molar-refractivity contribution >= 4 is 11.9 Å². The van der Waals surface area contributed by atoms with Crippen molar-refractivity contribution in [1.29, 1.82) is 0 Å². The zero-order chi connectivity index (χ0) is 18.7. The normalized spacial score (nSPS) is 11.7. The molecule has 0 saturated heterocycles. The summed E-state index contributed by atoms with van der Waals surface area (Å²) < 4.78 is 10.6. The molecule has 1 rings (SSSR count). The van der Waals surface area contributed by atoms with Crippen LogP contribution in [0, 0.1) is 0 Å². The number of aromatic nitrogens is 1. The average molecular weight is 353 g/mol. The smallest absolute Gasteiger partial charge is 0.243 e. The summed E-state index contributed by atoms with van der Waals surface area (Å²) in [6.45, 7) is 8.73. The van der Waals surface area contributed by atoms with E-state index in [1.807, 2.05) is 13.0 Å². The largest absolute Gasteiger partial charge is 0.382 e. The summed E-state index contributed by atoms with van der Waals surface area (Å²) in [5.74, 6) is 1.55. The number of rotatable bonds is 10.